The number of carbonyl (C=O) groups excluding carboxylic acids is 1. The molecule has 2 N–H and O–H groups in total. The van der Waals surface area contributed by atoms with Gasteiger partial charge in [0.2, 0.25) is 5.91 Å². The van der Waals surface area contributed by atoms with Crippen molar-refractivity contribution in [2.45, 2.75) is 25.4 Å². The summed E-state index contributed by atoms with van der Waals surface area (Å²) in [5, 5.41) is 9.45. The number of carbonyl (C=O) groups is 1. The molecule has 7 heteroatoms. The van der Waals surface area contributed by atoms with E-state index >= 15 is 0 Å². The summed E-state index contributed by atoms with van der Waals surface area (Å²) in [5.74, 6) is 0.664. The van der Waals surface area contributed by atoms with Gasteiger partial charge < -0.3 is 10.1 Å². The molecular weight excluding hydrogens is 329 g/mol. The monoisotopic (exact) mass is 349 g/mol. The third kappa shape index (κ3) is 4.36. The minimum atomic E-state index is -0.360. The maximum absolute atomic E-state index is 13.9. The van der Waals surface area contributed by atoms with Crippen LogP contribution in [-0.2, 0) is 9.53 Å². The number of hydrogen-bond acceptors (Lipinski definition) is 4. The molecule has 0 saturated carbocycles. The number of nitrogens with one attached hydrogen (secondary N) is 2. The lowest BCUT2D eigenvalue weighted by molar-refractivity contribution is -0.113. The van der Waals surface area contributed by atoms with Crippen molar-refractivity contribution in [1.82, 2.24) is 10.2 Å². The lowest BCUT2D eigenvalue weighted by Gasteiger charge is -2.21. The Labute approximate surface area is 144 Å². The molecule has 128 valence electrons. The average molecular weight is 349 g/mol. The Bertz CT molecular complexity index is 686. The van der Waals surface area contributed by atoms with Crippen molar-refractivity contribution in [2.75, 3.05) is 23.4 Å². The molecule has 3 rings (SSSR count). The molecular formula is C17H20FN3O2S. The van der Waals surface area contributed by atoms with Gasteiger partial charge in [-0.05, 0) is 31.4 Å². The van der Waals surface area contributed by atoms with E-state index in [1.165, 1.54) is 18.7 Å². The van der Waals surface area contributed by atoms with Crippen molar-refractivity contribution in [1.29, 1.82) is 0 Å². The number of halogens is 1. The van der Waals surface area contributed by atoms with Gasteiger partial charge in [0.25, 0.3) is 0 Å². The van der Waals surface area contributed by atoms with Crippen LogP contribution in [0.3, 0.4) is 0 Å². The number of anilines is 1. The summed E-state index contributed by atoms with van der Waals surface area (Å²) >= 11 is 1.55. The van der Waals surface area contributed by atoms with Crippen LogP contribution >= 0.6 is 11.8 Å². The molecule has 0 spiro atoms. The first-order valence-corrected chi connectivity index (χ1v) is 9.17. The fraction of sp³-hybridized carbons (Fsp3) is 0.412. The molecule has 1 aromatic heterocycles. The van der Waals surface area contributed by atoms with Crippen LogP contribution in [0.5, 0.6) is 0 Å². The fourth-order valence-electron chi connectivity index (χ4n) is 2.66. The second kappa shape index (κ2) is 8.30. The summed E-state index contributed by atoms with van der Waals surface area (Å²) in [4.78, 5) is 12.1. The minimum Gasteiger partial charge on any atom is -0.377 e. The first kappa shape index (κ1) is 17.0. The lowest BCUT2D eigenvalue weighted by Crippen LogP contribution is -2.23. The van der Waals surface area contributed by atoms with Crippen LogP contribution in [0.4, 0.5) is 10.1 Å². The summed E-state index contributed by atoms with van der Waals surface area (Å²) in [7, 11) is 0. The summed E-state index contributed by atoms with van der Waals surface area (Å²) in [6, 6.07) is 6.39. The van der Waals surface area contributed by atoms with Gasteiger partial charge in [0.15, 0.2) is 0 Å². The van der Waals surface area contributed by atoms with Crippen molar-refractivity contribution in [3.8, 4) is 11.3 Å². The number of benzene rings is 1. The minimum absolute atomic E-state index is 0.130. The smallest absolute Gasteiger partial charge is 0.234 e. The molecule has 1 amide bonds. The zero-order chi connectivity index (χ0) is 16.8. The number of thioether (sulfide) groups is 1. The lowest BCUT2D eigenvalue weighted by atomic mass is 10.1. The number of amides is 1. The summed E-state index contributed by atoms with van der Waals surface area (Å²) in [5.41, 5.74) is 1.34. The van der Waals surface area contributed by atoms with Crippen molar-refractivity contribution < 1.29 is 13.9 Å². The summed E-state index contributed by atoms with van der Waals surface area (Å²) in [6.45, 7) is 0.818. The average Bonchev–Trinajstić information content (AvgIpc) is 3.04. The number of ether oxygens (including phenoxy) is 1. The van der Waals surface area contributed by atoms with Crippen LogP contribution in [0.1, 0.15) is 19.3 Å². The highest BCUT2D eigenvalue weighted by Crippen LogP contribution is 2.27. The van der Waals surface area contributed by atoms with Crippen molar-refractivity contribution in [3.63, 3.8) is 0 Å². The number of nitrogens with zero attached hydrogens (tertiary/aromatic N) is 1. The van der Waals surface area contributed by atoms with E-state index in [0.717, 1.165) is 25.2 Å². The van der Waals surface area contributed by atoms with E-state index in [-0.39, 0.29) is 17.8 Å². The summed E-state index contributed by atoms with van der Waals surface area (Å²) in [6.07, 6.45) is 5.13. The quantitative estimate of drug-likeness (QED) is 0.838. The number of aromatic nitrogens is 2. The molecule has 1 fully saturated rings. The highest BCUT2D eigenvalue weighted by Gasteiger charge is 2.16. The number of aromatic amines is 1. The molecule has 1 saturated heterocycles. The molecule has 0 radical (unpaired) electrons. The number of hydrogen-bond donors (Lipinski definition) is 2. The topological polar surface area (TPSA) is 67.0 Å². The molecule has 0 unspecified atom stereocenters. The Balaban J connectivity index is 1.54. The highest BCUT2D eigenvalue weighted by atomic mass is 32.2. The third-order valence-electron chi connectivity index (χ3n) is 3.87. The molecule has 5 nitrogen and oxygen atoms in total. The second-order valence-corrected chi connectivity index (χ2v) is 6.72. The van der Waals surface area contributed by atoms with Gasteiger partial charge in [-0.1, -0.05) is 12.1 Å². The van der Waals surface area contributed by atoms with Crippen molar-refractivity contribution >= 4 is 23.4 Å². The Morgan fingerprint density at radius 2 is 2.29 bits per heavy atom. The van der Waals surface area contributed by atoms with E-state index in [4.69, 9.17) is 4.74 Å². The Morgan fingerprint density at radius 1 is 1.42 bits per heavy atom. The predicted octanol–water partition coefficient (Wildman–Crippen LogP) is 3.46. The third-order valence-corrected chi connectivity index (χ3v) is 4.94. The van der Waals surface area contributed by atoms with Gasteiger partial charge in [0, 0.05) is 17.9 Å². The SMILES string of the molecule is O=C(CSC[C@@H]1CCCCO1)Nc1cn[nH]c1-c1ccccc1F. The standard InChI is InChI=1S/C17H20FN3O2S/c18-14-7-2-1-6-13(14)17-15(9-19-21-17)20-16(22)11-24-10-12-5-3-4-8-23-12/h1-2,6-7,9,12H,3-5,8,10-11H2,(H,19,21)(H,20,22)/t12-/m0/s1. The highest BCUT2D eigenvalue weighted by molar-refractivity contribution is 8.00. The van der Waals surface area contributed by atoms with E-state index in [9.17, 15) is 9.18 Å². The Kier molecular flexibility index (Phi) is 5.87. The van der Waals surface area contributed by atoms with E-state index < -0.39 is 0 Å². The van der Waals surface area contributed by atoms with Crippen molar-refractivity contribution in [2.24, 2.45) is 0 Å². The second-order valence-electron chi connectivity index (χ2n) is 5.69. The molecule has 0 bridgehead atoms. The zero-order valence-electron chi connectivity index (χ0n) is 13.3. The van der Waals surface area contributed by atoms with Gasteiger partial charge in [-0.2, -0.15) is 5.10 Å². The van der Waals surface area contributed by atoms with Crippen LogP contribution in [0.2, 0.25) is 0 Å². The summed E-state index contributed by atoms with van der Waals surface area (Å²) < 4.78 is 19.5. The van der Waals surface area contributed by atoms with Crippen LogP contribution in [-0.4, -0.2) is 40.3 Å². The molecule has 1 aliphatic rings. The van der Waals surface area contributed by atoms with Gasteiger partial charge in [0.05, 0.1) is 29.4 Å². The first-order chi connectivity index (χ1) is 11.7. The van der Waals surface area contributed by atoms with Gasteiger partial charge in [-0.25, -0.2) is 4.39 Å². The van der Waals surface area contributed by atoms with Crippen LogP contribution in [0, 0.1) is 5.82 Å². The number of H-pyrrole nitrogens is 1. The fourth-order valence-corrected chi connectivity index (χ4v) is 3.56. The van der Waals surface area contributed by atoms with E-state index in [1.54, 1.807) is 30.0 Å². The van der Waals surface area contributed by atoms with Crippen molar-refractivity contribution in [3.05, 3.63) is 36.3 Å². The normalized spacial score (nSPS) is 17.6. The van der Waals surface area contributed by atoms with Crippen LogP contribution < -0.4 is 5.32 Å². The Morgan fingerprint density at radius 3 is 3.08 bits per heavy atom. The largest absolute Gasteiger partial charge is 0.377 e. The molecule has 24 heavy (non-hydrogen) atoms. The Hall–Kier alpha value is -1.86. The number of rotatable bonds is 6. The van der Waals surface area contributed by atoms with Gasteiger partial charge in [-0.3, -0.25) is 9.89 Å². The maximum atomic E-state index is 13.9. The molecule has 2 heterocycles. The zero-order valence-corrected chi connectivity index (χ0v) is 14.1. The first-order valence-electron chi connectivity index (χ1n) is 8.01. The molecule has 2 aromatic rings. The van der Waals surface area contributed by atoms with Crippen LogP contribution in [0.15, 0.2) is 30.5 Å². The van der Waals surface area contributed by atoms with Gasteiger partial charge in [-0.15, -0.1) is 11.8 Å². The van der Waals surface area contributed by atoms with E-state index in [0.29, 0.717) is 22.7 Å². The predicted molar refractivity (Wildman–Crippen MR) is 93.5 cm³/mol. The molecule has 0 aliphatic carbocycles. The molecule has 1 aromatic carbocycles. The van der Waals surface area contributed by atoms with Gasteiger partial charge >= 0.3 is 0 Å². The maximum Gasteiger partial charge on any atom is 0.234 e. The van der Waals surface area contributed by atoms with E-state index in [1.807, 2.05) is 0 Å². The van der Waals surface area contributed by atoms with Gasteiger partial charge in [0.1, 0.15) is 5.82 Å². The van der Waals surface area contributed by atoms with E-state index in [2.05, 4.69) is 15.5 Å². The van der Waals surface area contributed by atoms with Crippen LogP contribution in [0.25, 0.3) is 11.3 Å². The molecule has 1 aliphatic heterocycles. The molecule has 1 atom stereocenters.